The lowest BCUT2D eigenvalue weighted by Gasteiger charge is -2.08. The number of nitrogens with one attached hydrogen (secondary N) is 1. The molecule has 7 nitrogen and oxygen atoms in total. The highest BCUT2D eigenvalue weighted by atomic mass is 35.5. The van der Waals surface area contributed by atoms with Crippen molar-refractivity contribution in [3.63, 3.8) is 0 Å². The van der Waals surface area contributed by atoms with E-state index in [9.17, 15) is 22.4 Å². The van der Waals surface area contributed by atoms with Crippen LogP contribution in [-0.2, 0) is 26.0 Å². The van der Waals surface area contributed by atoms with Gasteiger partial charge in [0.2, 0.25) is 10.0 Å². The van der Waals surface area contributed by atoms with Gasteiger partial charge in [0.15, 0.2) is 6.61 Å². The number of ether oxygens (including phenoxy) is 1. The summed E-state index contributed by atoms with van der Waals surface area (Å²) in [6.07, 6.45) is 0.544. The molecule has 0 spiro atoms. The Morgan fingerprint density at radius 3 is 2.44 bits per heavy atom. The number of esters is 1. The number of primary sulfonamides is 1. The van der Waals surface area contributed by atoms with Gasteiger partial charge >= 0.3 is 5.97 Å². The molecule has 0 fully saturated rings. The maximum absolute atomic E-state index is 13.7. The van der Waals surface area contributed by atoms with Crippen LogP contribution in [0.1, 0.15) is 15.9 Å². The Morgan fingerprint density at radius 2 is 1.81 bits per heavy atom. The lowest BCUT2D eigenvalue weighted by Crippen LogP contribution is -2.30. The highest BCUT2D eigenvalue weighted by molar-refractivity contribution is 7.89. The molecule has 0 aliphatic heterocycles. The molecule has 0 heterocycles. The van der Waals surface area contributed by atoms with Crippen LogP contribution in [0.2, 0.25) is 5.02 Å². The Labute approximate surface area is 160 Å². The third kappa shape index (κ3) is 6.31. The summed E-state index contributed by atoms with van der Waals surface area (Å²) < 4.78 is 41.0. The zero-order chi connectivity index (χ0) is 20.0. The Bertz CT molecular complexity index is 948. The number of sulfonamides is 1. The van der Waals surface area contributed by atoms with E-state index in [1.165, 1.54) is 0 Å². The third-order valence-electron chi connectivity index (χ3n) is 3.47. The van der Waals surface area contributed by atoms with Gasteiger partial charge in [-0.3, -0.25) is 4.79 Å². The lowest BCUT2D eigenvalue weighted by atomic mass is 10.1. The number of rotatable bonds is 7. The molecule has 3 N–H and O–H groups in total. The van der Waals surface area contributed by atoms with Crippen LogP contribution in [0.3, 0.4) is 0 Å². The quantitative estimate of drug-likeness (QED) is 0.668. The number of nitrogens with two attached hydrogens (primary N) is 1. The van der Waals surface area contributed by atoms with Crippen LogP contribution in [0.25, 0.3) is 0 Å². The van der Waals surface area contributed by atoms with E-state index in [-0.39, 0.29) is 0 Å². The van der Waals surface area contributed by atoms with Crippen molar-refractivity contribution in [2.45, 2.75) is 11.3 Å². The Hall–Kier alpha value is -2.49. The largest absolute Gasteiger partial charge is 0.452 e. The minimum absolute atomic E-state index is 0.299. The van der Waals surface area contributed by atoms with Gasteiger partial charge in [-0.2, -0.15) is 0 Å². The molecule has 10 heteroatoms. The van der Waals surface area contributed by atoms with Crippen molar-refractivity contribution >= 4 is 33.5 Å². The summed E-state index contributed by atoms with van der Waals surface area (Å²) in [4.78, 5) is 23.2. The fourth-order valence-corrected chi connectivity index (χ4v) is 2.76. The Kier molecular flexibility index (Phi) is 6.89. The highest BCUT2D eigenvalue weighted by Gasteiger charge is 2.18. The Balaban J connectivity index is 1.86. The van der Waals surface area contributed by atoms with Gasteiger partial charge in [-0.15, -0.1) is 0 Å². The predicted molar refractivity (Wildman–Crippen MR) is 96.2 cm³/mol. The van der Waals surface area contributed by atoms with Gasteiger partial charge in [0, 0.05) is 11.6 Å². The first-order valence-electron chi connectivity index (χ1n) is 7.67. The van der Waals surface area contributed by atoms with Crippen molar-refractivity contribution in [3.8, 4) is 0 Å². The number of hydrogen-bond donors (Lipinski definition) is 2. The van der Waals surface area contributed by atoms with Gasteiger partial charge in [-0.1, -0.05) is 23.7 Å². The first-order valence-corrected chi connectivity index (χ1v) is 9.60. The monoisotopic (exact) mass is 414 g/mol. The molecule has 27 heavy (non-hydrogen) atoms. The van der Waals surface area contributed by atoms with E-state index in [1.54, 1.807) is 12.1 Å². The molecular formula is C17H16ClFN2O5S. The molecule has 0 saturated heterocycles. The standard InChI is InChI=1S/C17H16ClFN2O5S/c18-12-3-1-11(2-4-12)7-8-21-16(22)10-26-17(23)14-9-13(27(20,24)25)5-6-15(14)19/h1-6,9H,7-8,10H2,(H,21,22)(H2,20,24,25). The van der Waals surface area contributed by atoms with E-state index in [0.717, 1.165) is 23.8 Å². The molecule has 2 aromatic rings. The van der Waals surface area contributed by atoms with Crippen molar-refractivity contribution < 1.29 is 27.1 Å². The first kappa shape index (κ1) is 20.8. The van der Waals surface area contributed by atoms with E-state index < -0.39 is 44.8 Å². The summed E-state index contributed by atoms with van der Waals surface area (Å²) in [7, 11) is -4.11. The fraction of sp³-hybridized carbons (Fsp3) is 0.176. The maximum Gasteiger partial charge on any atom is 0.341 e. The minimum Gasteiger partial charge on any atom is -0.452 e. The minimum atomic E-state index is -4.11. The molecule has 0 bridgehead atoms. The van der Waals surface area contributed by atoms with Crippen molar-refractivity contribution in [3.05, 3.63) is 64.4 Å². The van der Waals surface area contributed by atoms with Crippen LogP contribution >= 0.6 is 11.6 Å². The van der Waals surface area contributed by atoms with Gasteiger partial charge in [0.1, 0.15) is 5.82 Å². The van der Waals surface area contributed by atoms with Crippen LogP contribution in [0, 0.1) is 5.82 Å². The smallest absolute Gasteiger partial charge is 0.341 e. The van der Waals surface area contributed by atoms with Gasteiger partial charge in [-0.05, 0) is 42.3 Å². The topological polar surface area (TPSA) is 116 Å². The third-order valence-corrected chi connectivity index (χ3v) is 4.63. The van der Waals surface area contributed by atoms with E-state index >= 15 is 0 Å². The highest BCUT2D eigenvalue weighted by Crippen LogP contribution is 2.15. The molecule has 144 valence electrons. The predicted octanol–water partition coefficient (Wildman–Crippen LogP) is 1.64. The molecular weight excluding hydrogens is 399 g/mol. The molecule has 0 aromatic heterocycles. The Morgan fingerprint density at radius 1 is 1.15 bits per heavy atom. The van der Waals surface area contributed by atoms with Crippen molar-refractivity contribution in [1.82, 2.24) is 5.32 Å². The summed E-state index contributed by atoms with van der Waals surface area (Å²) >= 11 is 5.78. The summed E-state index contributed by atoms with van der Waals surface area (Å²) in [5, 5.41) is 8.08. The van der Waals surface area contributed by atoms with Crippen molar-refractivity contribution in [2.24, 2.45) is 5.14 Å². The lowest BCUT2D eigenvalue weighted by molar-refractivity contribution is -0.124. The van der Waals surface area contributed by atoms with Crippen LogP contribution < -0.4 is 10.5 Å². The second-order valence-electron chi connectivity index (χ2n) is 5.49. The molecule has 0 aliphatic carbocycles. The van der Waals surface area contributed by atoms with Crippen molar-refractivity contribution in [2.75, 3.05) is 13.2 Å². The van der Waals surface area contributed by atoms with Crippen LogP contribution in [0.5, 0.6) is 0 Å². The summed E-state index contributed by atoms with van der Waals surface area (Å²) in [5.74, 6) is -2.75. The second kappa shape index (κ2) is 8.94. The molecule has 2 rings (SSSR count). The SMILES string of the molecule is NS(=O)(=O)c1ccc(F)c(C(=O)OCC(=O)NCCc2ccc(Cl)cc2)c1. The number of hydrogen-bond acceptors (Lipinski definition) is 5. The molecule has 0 saturated carbocycles. The first-order chi connectivity index (χ1) is 12.7. The van der Waals surface area contributed by atoms with Gasteiger partial charge in [0.05, 0.1) is 10.5 Å². The molecule has 1 amide bonds. The fourth-order valence-electron chi connectivity index (χ4n) is 2.09. The molecule has 0 aliphatic rings. The number of carbonyl (C=O) groups excluding carboxylic acids is 2. The number of halogens is 2. The van der Waals surface area contributed by atoms with E-state index in [2.05, 4.69) is 5.32 Å². The molecule has 0 unspecified atom stereocenters. The van der Waals surface area contributed by atoms with Gasteiger partial charge in [-0.25, -0.2) is 22.7 Å². The average Bonchev–Trinajstić information content (AvgIpc) is 2.60. The second-order valence-corrected chi connectivity index (χ2v) is 7.49. The van der Waals surface area contributed by atoms with Crippen LogP contribution in [0.4, 0.5) is 4.39 Å². The summed E-state index contributed by atoms with van der Waals surface area (Å²) in [6, 6.07) is 9.54. The summed E-state index contributed by atoms with van der Waals surface area (Å²) in [5.41, 5.74) is 0.328. The van der Waals surface area contributed by atoms with Crippen LogP contribution in [-0.4, -0.2) is 33.4 Å². The zero-order valence-corrected chi connectivity index (χ0v) is 15.5. The average molecular weight is 415 g/mol. The van der Waals surface area contributed by atoms with E-state index in [0.29, 0.717) is 18.0 Å². The zero-order valence-electron chi connectivity index (χ0n) is 13.9. The van der Waals surface area contributed by atoms with Crippen molar-refractivity contribution in [1.29, 1.82) is 0 Å². The maximum atomic E-state index is 13.7. The van der Waals surface area contributed by atoms with E-state index in [1.807, 2.05) is 12.1 Å². The number of benzene rings is 2. The van der Waals surface area contributed by atoms with Gasteiger partial charge < -0.3 is 10.1 Å². The molecule has 0 atom stereocenters. The number of amides is 1. The van der Waals surface area contributed by atoms with E-state index in [4.69, 9.17) is 21.5 Å². The summed E-state index contributed by atoms with van der Waals surface area (Å²) in [6.45, 7) is -0.341. The normalized spacial score (nSPS) is 11.1. The molecule has 0 radical (unpaired) electrons. The van der Waals surface area contributed by atoms with Gasteiger partial charge in [0.25, 0.3) is 5.91 Å². The van der Waals surface area contributed by atoms with Crippen LogP contribution in [0.15, 0.2) is 47.4 Å². The molecule has 2 aromatic carbocycles. The number of carbonyl (C=O) groups is 2.